The topological polar surface area (TPSA) is 91.4 Å². The first-order valence-electron chi connectivity index (χ1n) is 12.5. The van der Waals surface area contributed by atoms with Gasteiger partial charge in [-0.1, -0.05) is 52.3 Å². The van der Waals surface area contributed by atoms with E-state index in [2.05, 4.69) is 31.5 Å². The van der Waals surface area contributed by atoms with Crippen LogP contribution in [-0.2, 0) is 11.2 Å². The van der Waals surface area contributed by atoms with Gasteiger partial charge in [0.2, 0.25) is 5.91 Å². The minimum Gasteiger partial charge on any atom is -0.340 e. The Labute approximate surface area is 244 Å². The second-order valence-corrected chi connectivity index (χ2v) is 11.0. The van der Waals surface area contributed by atoms with Gasteiger partial charge in [-0.3, -0.25) is 14.4 Å². The minimum atomic E-state index is -0.841. The van der Waals surface area contributed by atoms with Gasteiger partial charge in [-0.2, -0.15) is 0 Å². The predicted octanol–water partition coefficient (Wildman–Crippen LogP) is 6.32. The predicted molar refractivity (Wildman–Crippen MR) is 163 cm³/mol. The lowest BCUT2D eigenvalue weighted by atomic mass is 10.0. The smallest absolute Gasteiger partial charge is 0.255 e. The monoisotopic (exact) mass is 612 g/mol. The summed E-state index contributed by atoms with van der Waals surface area (Å²) >= 11 is 4.91. The number of amides is 3. The Morgan fingerprint density at radius 2 is 1.60 bits per heavy atom. The maximum absolute atomic E-state index is 13.7. The Balaban J connectivity index is 1.35. The summed E-state index contributed by atoms with van der Waals surface area (Å²) in [6, 6.07) is 28.0. The summed E-state index contributed by atoms with van der Waals surface area (Å²) in [5.41, 5.74) is 5.41. The second kappa shape index (κ2) is 12.2. The molecule has 40 heavy (non-hydrogen) atoms. The molecule has 200 valence electrons. The summed E-state index contributed by atoms with van der Waals surface area (Å²) in [6.07, 6.45) is 0.304. The molecule has 0 saturated heterocycles. The standard InChI is InChI=1S/C31H25BrN4O3S/c1-36(25-14-15-28-26(18-25)33-19-40-28)31(39)27(16-20-6-3-2-4-7-20)35-30(38)22-9-5-8-21(17-22)29(37)34-24-12-10-23(32)11-13-24/h2-15,17-19,27H,16H2,1H3,(H,34,37)(H,35,38)/t27-/m0/s1. The molecule has 1 heterocycles. The summed E-state index contributed by atoms with van der Waals surface area (Å²) < 4.78 is 1.93. The summed E-state index contributed by atoms with van der Waals surface area (Å²) in [7, 11) is 1.69. The first-order valence-corrected chi connectivity index (χ1v) is 14.2. The molecule has 4 aromatic carbocycles. The Morgan fingerprint density at radius 3 is 2.35 bits per heavy atom. The van der Waals surface area contributed by atoms with Gasteiger partial charge >= 0.3 is 0 Å². The number of benzene rings is 4. The van der Waals surface area contributed by atoms with Gasteiger partial charge in [0.05, 0.1) is 15.7 Å². The molecule has 0 aliphatic rings. The Hall–Kier alpha value is -4.34. The van der Waals surface area contributed by atoms with E-state index in [1.54, 1.807) is 42.9 Å². The van der Waals surface area contributed by atoms with Crippen molar-refractivity contribution in [2.75, 3.05) is 17.3 Å². The van der Waals surface area contributed by atoms with Gasteiger partial charge in [-0.25, -0.2) is 4.98 Å². The van der Waals surface area contributed by atoms with Gasteiger partial charge < -0.3 is 15.5 Å². The molecule has 0 fully saturated rings. The van der Waals surface area contributed by atoms with Crippen LogP contribution < -0.4 is 15.5 Å². The Morgan fingerprint density at radius 1 is 0.875 bits per heavy atom. The molecule has 0 aliphatic heterocycles. The molecule has 3 amide bonds. The van der Waals surface area contributed by atoms with E-state index in [1.807, 2.05) is 60.7 Å². The summed E-state index contributed by atoms with van der Waals surface area (Å²) in [5, 5.41) is 5.74. The van der Waals surface area contributed by atoms with Crippen LogP contribution in [0.15, 0.2) is 107 Å². The number of carbonyl (C=O) groups is 3. The molecule has 1 aromatic heterocycles. The van der Waals surface area contributed by atoms with Crippen LogP contribution in [0.1, 0.15) is 26.3 Å². The number of likely N-dealkylation sites (N-methyl/N-ethyl adjacent to an activating group) is 1. The number of nitrogens with one attached hydrogen (secondary N) is 2. The number of carbonyl (C=O) groups excluding carboxylic acids is 3. The van der Waals surface area contributed by atoms with Crippen molar-refractivity contribution in [1.82, 2.24) is 10.3 Å². The fourth-order valence-corrected chi connectivity index (χ4v) is 5.17. The third-order valence-electron chi connectivity index (χ3n) is 6.41. The molecular formula is C31H25BrN4O3S. The van der Waals surface area contributed by atoms with E-state index < -0.39 is 11.9 Å². The van der Waals surface area contributed by atoms with Crippen LogP contribution in [-0.4, -0.2) is 35.8 Å². The molecule has 7 nitrogen and oxygen atoms in total. The normalized spacial score (nSPS) is 11.6. The van der Waals surface area contributed by atoms with E-state index >= 15 is 0 Å². The summed E-state index contributed by atoms with van der Waals surface area (Å²) in [4.78, 5) is 45.8. The van der Waals surface area contributed by atoms with E-state index in [0.29, 0.717) is 23.4 Å². The lowest BCUT2D eigenvalue weighted by Crippen LogP contribution is -2.48. The zero-order chi connectivity index (χ0) is 28.1. The average Bonchev–Trinajstić information content (AvgIpc) is 3.46. The number of nitrogens with zero attached hydrogens (tertiary/aromatic N) is 2. The van der Waals surface area contributed by atoms with Crippen LogP contribution in [0.5, 0.6) is 0 Å². The first kappa shape index (κ1) is 27.2. The maximum atomic E-state index is 13.7. The highest BCUT2D eigenvalue weighted by atomic mass is 79.9. The molecule has 0 aliphatic carbocycles. The van der Waals surface area contributed by atoms with Crippen molar-refractivity contribution in [1.29, 1.82) is 0 Å². The minimum absolute atomic E-state index is 0.268. The highest BCUT2D eigenvalue weighted by Gasteiger charge is 2.26. The van der Waals surface area contributed by atoms with Crippen molar-refractivity contribution < 1.29 is 14.4 Å². The summed E-state index contributed by atoms with van der Waals surface area (Å²) in [6.45, 7) is 0. The molecule has 2 N–H and O–H groups in total. The zero-order valence-electron chi connectivity index (χ0n) is 21.5. The average molecular weight is 614 g/mol. The molecule has 9 heteroatoms. The molecule has 0 radical (unpaired) electrons. The zero-order valence-corrected chi connectivity index (χ0v) is 23.9. The first-order chi connectivity index (χ1) is 19.4. The number of hydrogen-bond acceptors (Lipinski definition) is 5. The third kappa shape index (κ3) is 6.44. The lowest BCUT2D eigenvalue weighted by Gasteiger charge is -2.25. The Bertz CT molecular complexity index is 1670. The SMILES string of the molecule is CN(C(=O)[C@H](Cc1ccccc1)NC(=O)c1cccc(C(=O)Nc2ccc(Br)cc2)c1)c1ccc2scnc2c1. The Kier molecular flexibility index (Phi) is 8.33. The molecule has 1 atom stereocenters. The number of rotatable bonds is 8. The van der Waals surface area contributed by atoms with E-state index in [0.717, 1.165) is 20.3 Å². The van der Waals surface area contributed by atoms with E-state index in [4.69, 9.17) is 0 Å². The van der Waals surface area contributed by atoms with Gasteiger partial charge in [0.15, 0.2) is 0 Å². The largest absolute Gasteiger partial charge is 0.340 e. The number of halogens is 1. The van der Waals surface area contributed by atoms with Crippen LogP contribution in [0.4, 0.5) is 11.4 Å². The van der Waals surface area contributed by atoms with Crippen molar-refractivity contribution in [2.24, 2.45) is 0 Å². The molecule has 0 bridgehead atoms. The van der Waals surface area contributed by atoms with Crippen molar-refractivity contribution in [2.45, 2.75) is 12.5 Å². The molecule has 0 unspecified atom stereocenters. The maximum Gasteiger partial charge on any atom is 0.255 e. The number of aromatic nitrogens is 1. The fraction of sp³-hybridized carbons (Fsp3) is 0.0968. The van der Waals surface area contributed by atoms with Crippen LogP contribution in [0.25, 0.3) is 10.2 Å². The second-order valence-electron chi connectivity index (χ2n) is 9.16. The number of fused-ring (bicyclic) bond motifs is 1. The number of thiazole rings is 1. The molecule has 0 spiro atoms. The molecule has 5 aromatic rings. The molecule has 5 rings (SSSR count). The number of anilines is 2. The van der Waals surface area contributed by atoms with Gasteiger partial charge in [0.25, 0.3) is 11.8 Å². The van der Waals surface area contributed by atoms with Crippen LogP contribution in [0.2, 0.25) is 0 Å². The van der Waals surface area contributed by atoms with E-state index in [-0.39, 0.29) is 17.4 Å². The highest BCUT2D eigenvalue weighted by Crippen LogP contribution is 2.24. The molecule has 0 saturated carbocycles. The highest BCUT2D eigenvalue weighted by molar-refractivity contribution is 9.10. The van der Waals surface area contributed by atoms with Gasteiger partial charge in [0.1, 0.15) is 6.04 Å². The fourth-order valence-electron chi connectivity index (χ4n) is 4.25. The number of hydrogen-bond donors (Lipinski definition) is 2. The molecular weight excluding hydrogens is 588 g/mol. The van der Waals surface area contributed by atoms with Gasteiger partial charge in [-0.15, -0.1) is 11.3 Å². The van der Waals surface area contributed by atoms with Gasteiger partial charge in [-0.05, 0) is 66.2 Å². The van der Waals surface area contributed by atoms with Crippen molar-refractivity contribution in [3.63, 3.8) is 0 Å². The van der Waals surface area contributed by atoms with Crippen molar-refractivity contribution in [3.05, 3.63) is 124 Å². The van der Waals surface area contributed by atoms with Crippen LogP contribution in [0.3, 0.4) is 0 Å². The van der Waals surface area contributed by atoms with E-state index in [1.165, 1.54) is 22.3 Å². The van der Waals surface area contributed by atoms with Crippen molar-refractivity contribution in [3.8, 4) is 0 Å². The van der Waals surface area contributed by atoms with Crippen LogP contribution >= 0.6 is 27.3 Å². The summed E-state index contributed by atoms with van der Waals surface area (Å²) in [5.74, 6) is -1.06. The third-order valence-corrected chi connectivity index (χ3v) is 7.75. The van der Waals surface area contributed by atoms with Crippen molar-refractivity contribution >= 4 is 66.6 Å². The lowest BCUT2D eigenvalue weighted by molar-refractivity contribution is -0.120. The van der Waals surface area contributed by atoms with E-state index in [9.17, 15) is 14.4 Å². The van der Waals surface area contributed by atoms with Gasteiger partial charge in [0, 0.05) is 40.4 Å². The quantitative estimate of drug-likeness (QED) is 0.215. The van der Waals surface area contributed by atoms with Crippen LogP contribution in [0, 0.1) is 0 Å².